The van der Waals surface area contributed by atoms with E-state index in [0.29, 0.717) is 42.4 Å². The van der Waals surface area contributed by atoms with E-state index in [0.717, 1.165) is 10.9 Å². The number of carbonyl (C=O) groups excluding carboxylic acids is 2. The maximum Gasteiger partial charge on any atom is 0.295 e. The summed E-state index contributed by atoms with van der Waals surface area (Å²) in [4.78, 5) is 34.1. The van der Waals surface area contributed by atoms with Crippen LogP contribution in [0.15, 0.2) is 48.8 Å². The van der Waals surface area contributed by atoms with E-state index in [-0.39, 0.29) is 6.10 Å². The lowest BCUT2D eigenvalue weighted by Crippen LogP contribution is -2.44. The van der Waals surface area contributed by atoms with E-state index in [4.69, 9.17) is 16.3 Å². The van der Waals surface area contributed by atoms with Gasteiger partial charge in [0, 0.05) is 55.3 Å². The van der Waals surface area contributed by atoms with Crippen LogP contribution in [0.4, 0.5) is 0 Å². The first-order chi connectivity index (χ1) is 13.1. The molecule has 1 fully saturated rings. The van der Waals surface area contributed by atoms with Crippen LogP contribution >= 0.6 is 11.6 Å². The van der Waals surface area contributed by atoms with E-state index < -0.39 is 11.7 Å². The van der Waals surface area contributed by atoms with Crippen LogP contribution in [0, 0.1) is 0 Å². The van der Waals surface area contributed by atoms with Crippen molar-refractivity contribution in [3.63, 3.8) is 0 Å². The highest BCUT2D eigenvalue weighted by Crippen LogP contribution is 2.22. The largest absolute Gasteiger partial charge is 0.474 e. The maximum atomic E-state index is 12.7. The summed E-state index contributed by atoms with van der Waals surface area (Å²) >= 11 is 5.82. The number of para-hydroxylation sites is 1. The number of pyridine rings is 1. The van der Waals surface area contributed by atoms with Crippen molar-refractivity contribution in [1.82, 2.24) is 14.9 Å². The summed E-state index contributed by atoms with van der Waals surface area (Å²) in [5, 5.41) is 1.32. The Balaban J connectivity index is 1.38. The number of hydrogen-bond acceptors (Lipinski definition) is 4. The Kier molecular flexibility index (Phi) is 4.81. The molecule has 1 aliphatic rings. The average molecular weight is 384 g/mol. The average Bonchev–Trinajstić information content (AvgIpc) is 3.13. The van der Waals surface area contributed by atoms with E-state index in [1.807, 2.05) is 24.3 Å². The van der Waals surface area contributed by atoms with E-state index in [1.165, 1.54) is 6.20 Å². The number of carbonyl (C=O) groups is 2. The molecule has 0 unspecified atom stereocenters. The lowest BCUT2D eigenvalue weighted by Gasteiger charge is -2.31. The summed E-state index contributed by atoms with van der Waals surface area (Å²) in [6, 6.07) is 10.9. The molecular weight excluding hydrogens is 366 g/mol. The first-order valence-electron chi connectivity index (χ1n) is 8.80. The van der Waals surface area contributed by atoms with Gasteiger partial charge < -0.3 is 14.6 Å². The molecule has 27 heavy (non-hydrogen) atoms. The number of nitrogens with zero attached hydrogens (tertiary/aromatic N) is 2. The molecule has 1 aromatic carbocycles. The Labute approximate surface area is 161 Å². The first kappa shape index (κ1) is 17.5. The predicted molar refractivity (Wildman–Crippen MR) is 102 cm³/mol. The van der Waals surface area contributed by atoms with Crippen molar-refractivity contribution in [2.45, 2.75) is 18.9 Å². The molecule has 1 N–H and O–H groups in total. The van der Waals surface area contributed by atoms with Crippen molar-refractivity contribution in [1.29, 1.82) is 0 Å². The number of ketones is 1. The number of ether oxygens (including phenoxy) is 1. The molecule has 0 aliphatic carbocycles. The summed E-state index contributed by atoms with van der Waals surface area (Å²) in [6.45, 7) is 0.955. The molecule has 0 radical (unpaired) electrons. The van der Waals surface area contributed by atoms with Crippen molar-refractivity contribution in [2.75, 3.05) is 13.1 Å². The van der Waals surface area contributed by atoms with Crippen LogP contribution in [0.5, 0.6) is 5.88 Å². The number of fused-ring (bicyclic) bond motifs is 1. The highest BCUT2D eigenvalue weighted by atomic mass is 35.5. The number of rotatable bonds is 4. The molecule has 0 saturated carbocycles. The van der Waals surface area contributed by atoms with Crippen LogP contribution in [-0.2, 0) is 4.79 Å². The van der Waals surface area contributed by atoms with Crippen LogP contribution in [0.3, 0.4) is 0 Å². The lowest BCUT2D eigenvalue weighted by molar-refractivity contribution is -0.128. The summed E-state index contributed by atoms with van der Waals surface area (Å²) in [5.41, 5.74) is 1.26. The van der Waals surface area contributed by atoms with Crippen molar-refractivity contribution in [3.05, 3.63) is 59.4 Å². The number of piperidine rings is 1. The third-order valence-corrected chi connectivity index (χ3v) is 4.97. The standard InChI is InChI=1S/C20H18ClN3O3/c21-13-5-6-18(23-11-13)27-14-7-9-24(10-8-14)20(26)19(25)16-12-22-17-4-2-1-3-15(16)17/h1-6,11-12,14,22H,7-10H2. The molecule has 0 bridgehead atoms. The van der Waals surface area contributed by atoms with Crippen LogP contribution in [0.2, 0.25) is 5.02 Å². The first-order valence-corrected chi connectivity index (χ1v) is 9.17. The summed E-state index contributed by atoms with van der Waals surface area (Å²) in [5.74, 6) is -0.437. The van der Waals surface area contributed by atoms with Gasteiger partial charge in [-0.15, -0.1) is 0 Å². The topological polar surface area (TPSA) is 75.3 Å². The number of halogens is 1. The second-order valence-corrected chi connectivity index (χ2v) is 6.94. The molecule has 3 aromatic rings. The smallest absolute Gasteiger partial charge is 0.295 e. The van der Waals surface area contributed by atoms with Gasteiger partial charge in [0.05, 0.1) is 10.6 Å². The zero-order valence-corrected chi connectivity index (χ0v) is 15.3. The van der Waals surface area contributed by atoms with E-state index in [9.17, 15) is 9.59 Å². The van der Waals surface area contributed by atoms with Gasteiger partial charge in [0.25, 0.3) is 11.7 Å². The van der Waals surface area contributed by atoms with Gasteiger partial charge in [-0.25, -0.2) is 4.98 Å². The molecule has 0 spiro atoms. The number of H-pyrrole nitrogens is 1. The SMILES string of the molecule is O=C(C(=O)N1CCC(Oc2ccc(Cl)cn2)CC1)c1c[nH]c2ccccc12. The fourth-order valence-electron chi connectivity index (χ4n) is 3.30. The Morgan fingerprint density at radius 3 is 2.67 bits per heavy atom. The summed E-state index contributed by atoms with van der Waals surface area (Å²) < 4.78 is 5.83. The molecule has 1 saturated heterocycles. The molecule has 3 heterocycles. The number of benzene rings is 1. The second-order valence-electron chi connectivity index (χ2n) is 6.50. The molecule has 1 aliphatic heterocycles. The molecule has 7 heteroatoms. The minimum atomic E-state index is -0.480. The van der Waals surface area contributed by atoms with E-state index in [2.05, 4.69) is 9.97 Å². The van der Waals surface area contributed by atoms with Gasteiger partial charge in [0.2, 0.25) is 5.88 Å². The minimum absolute atomic E-state index is 0.0362. The Hall–Kier alpha value is -2.86. The van der Waals surface area contributed by atoms with Gasteiger partial charge in [-0.2, -0.15) is 0 Å². The van der Waals surface area contributed by atoms with Gasteiger partial charge in [-0.05, 0) is 12.1 Å². The molecule has 2 aromatic heterocycles. The van der Waals surface area contributed by atoms with Crippen LogP contribution in [-0.4, -0.2) is 45.8 Å². The van der Waals surface area contributed by atoms with Crippen LogP contribution in [0.1, 0.15) is 23.2 Å². The number of amides is 1. The number of likely N-dealkylation sites (tertiary alicyclic amines) is 1. The molecule has 1 amide bonds. The number of Topliss-reactive ketones (excluding diaryl/α,β-unsaturated/α-hetero) is 1. The third-order valence-electron chi connectivity index (χ3n) is 4.74. The van der Waals surface area contributed by atoms with Crippen LogP contribution in [0.25, 0.3) is 10.9 Å². The fraction of sp³-hybridized carbons (Fsp3) is 0.250. The number of hydrogen-bond donors (Lipinski definition) is 1. The maximum absolute atomic E-state index is 12.7. The van der Waals surface area contributed by atoms with Gasteiger partial charge >= 0.3 is 0 Å². The van der Waals surface area contributed by atoms with E-state index in [1.54, 1.807) is 23.2 Å². The van der Waals surface area contributed by atoms with Crippen LogP contribution < -0.4 is 4.74 Å². The van der Waals surface area contributed by atoms with E-state index >= 15 is 0 Å². The van der Waals surface area contributed by atoms with Gasteiger partial charge in [-0.3, -0.25) is 9.59 Å². The molecule has 4 rings (SSSR count). The van der Waals surface area contributed by atoms with Gasteiger partial charge in [0.15, 0.2) is 0 Å². The zero-order chi connectivity index (χ0) is 18.8. The molecule has 0 atom stereocenters. The summed E-state index contributed by atoms with van der Waals surface area (Å²) in [6.07, 6.45) is 4.41. The van der Waals surface area contributed by atoms with Gasteiger partial charge in [0.1, 0.15) is 6.10 Å². The molecule has 6 nitrogen and oxygen atoms in total. The number of aromatic nitrogens is 2. The van der Waals surface area contributed by atoms with Gasteiger partial charge in [-0.1, -0.05) is 29.8 Å². The van der Waals surface area contributed by atoms with Crippen molar-refractivity contribution in [2.24, 2.45) is 0 Å². The molecule has 138 valence electrons. The van der Waals surface area contributed by atoms with Crippen molar-refractivity contribution in [3.8, 4) is 5.88 Å². The Morgan fingerprint density at radius 2 is 1.93 bits per heavy atom. The number of nitrogens with one attached hydrogen (secondary N) is 1. The monoisotopic (exact) mass is 383 g/mol. The third kappa shape index (κ3) is 3.66. The Bertz CT molecular complexity index is 976. The highest BCUT2D eigenvalue weighted by molar-refractivity contribution is 6.44. The quantitative estimate of drug-likeness (QED) is 0.553. The summed E-state index contributed by atoms with van der Waals surface area (Å²) in [7, 11) is 0. The minimum Gasteiger partial charge on any atom is -0.474 e. The number of aromatic amines is 1. The van der Waals surface area contributed by atoms with Crippen molar-refractivity contribution < 1.29 is 14.3 Å². The normalized spacial score (nSPS) is 15.1. The lowest BCUT2D eigenvalue weighted by atomic mass is 10.0. The second kappa shape index (κ2) is 7.40. The molecular formula is C20H18ClN3O3. The Morgan fingerprint density at radius 1 is 1.15 bits per heavy atom. The highest BCUT2D eigenvalue weighted by Gasteiger charge is 2.29. The zero-order valence-electron chi connectivity index (χ0n) is 14.5. The van der Waals surface area contributed by atoms with Crippen molar-refractivity contribution >= 4 is 34.2 Å². The predicted octanol–water partition coefficient (Wildman–Crippen LogP) is 3.47. The fourth-order valence-corrected chi connectivity index (χ4v) is 3.41.